The highest BCUT2D eigenvalue weighted by atomic mass is 19.2. The van der Waals surface area contributed by atoms with E-state index >= 15 is 0 Å². The van der Waals surface area contributed by atoms with Gasteiger partial charge in [-0.3, -0.25) is 4.90 Å². The molecule has 2 unspecified atom stereocenters. The van der Waals surface area contributed by atoms with Crippen molar-refractivity contribution in [2.24, 2.45) is 5.92 Å². The summed E-state index contributed by atoms with van der Waals surface area (Å²) in [7, 11) is 1.93. The highest BCUT2D eigenvalue weighted by molar-refractivity contribution is 5.24. The highest BCUT2D eigenvalue weighted by Gasteiger charge is 2.41. The van der Waals surface area contributed by atoms with Gasteiger partial charge in [-0.25, -0.2) is 8.78 Å². The van der Waals surface area contributed by atoms with E-state index in [0.717, 1.165) is 25.9 Å². The molecule has 0 aromatic heterocycles. The maximum absolute atomic E-state index is 14.2. The summed E-state index contributed by atoms with van der Waals surface area (Å²) in [5.41, 5.74) is 0.539. The second-order valence-corrected chi connectivity index (χ2v) is 6.02. The molecule has 1 heterocycles. The van der Waals surface area contributed by atoms with Crippen LogP contribution >= 0.6 is 0 Å². The molecule has 0 radical (unpaired) electrons. The first-order chi connectivity index (χ1) is 9.72. The van der Waals surface area contributed by atoms with E-state index in [1.807, 2.05) is 7.05 Å². The molecule has 1 N–H and O–H groups in total. The quantitative estimate of drug-likeness (QED) is 0.911. The average molecular weight is 280 g/mol. The number of benzene rings is 1. The third kappa shape index (κ3) is 2.59. The lowest BCUT2D eigenvalue weighted by Crippen LogP contribution is -2.43. The van der Waals surface area contributed by atoms with E-state index in [1.54, 1.807) is 12.1 Å². The Labute approximate surface area is 119 Å². The molecule has 20 heavy (non-hydrogen) atoms. The lowest BCUT2D eigenvalue weighted by atomic mass is 9.84. The van der Waals surface area contributed by atoms with Gasteiger partial charge in [0.1, 0.15) is 0 Å². The second-order valence-electron chi connectivity index (χ2n) is 6.02. The van der Waals surface area contributed by atoms with Gasteiger partial charge in [-0.15, -0.1) is 0 Å². The predicted molar refractivity (Wildman–Crippen MR) is 75.5 cm³/mol. The van der Waals surface area contributed by atoms with Crippen LogP contribution in [0.4, 0.5) is 8.78 Å². The van der Waals surface area contributed by atoms with E-state index in [-0.39, 0.29) is 6.04 Å². The number of nitrogens with one attached hydrogen (secondary N) is 1. The summed E-state index contributed by atoms with van der Waals surface area (Å²) in [5.74, 6) is -1.04. The summed E-state index contributed by atoms with van der Waals surface area (Å²) in [5, 5.41) is 3.21. The van der Waals surface area contributed by atoms with Crippen LogP contribution in [0.25, 0.3) is 0 Å². The molecule has 2 fully saturated rings. The Morgan fingerprint density at radius 2 is 2.05 bits per heavy atom. The number of rotatable bonds is 4. The van der Waals surface area contributed by atoms with Crippen LogP contribution in [-0.2, 0) is 0 Å². The van der Waals surface area contributed by atoms with Crippen LogP contribution in [0.15, 0.2) is 18.2 Å². The molecular formula is C16H22F2N2. The van der Waals surface area contributed by atoms with Gasteiger partial charge in [0.2, 0.25) is 0 Å². The minimum Gasteiger partial charge on any atom is -0.319 e. The largest absolute Gasteiger partial charge is 0.319 e. The molecule has 2 nitrogen and oxygen atoms in total. The molecule has 2 aliphatic rings. The minimum absolute atomic E-state index is 0.0133. The van der Waals surface area contributed by atoms with Crippen molar-refractivity contribution in [2.75, 3.05) is 20.1 Å². The first-order valence-corrected chi connectivity index (χ1v) is 7.56. The Morgan fingerprint density at radius 1 is 1.25 bits per heavy atom. The number of hydrogen-bond donors (Lipinski definition) is 1. The van der Waals surface area contributed by atoms with Crippen molar-refractivity contribution >= 4 is 0 Å². The van der Waals surface area contributed by atoms with Gasteiger partial charge in [-0.1, -0.05) is 12.1 Å². The van der Waals surface area contributed by atoms with Crippen LogP contribution in [0, 0.1) is 17.6 Å². The molecule has 3 rings (SSSR count). The fraction of sp³-hybridized carbons (Fsp3) is 0.625. The Bertz CT molecular complexity index is 472. The fourth-order valence-electron chi connectivity index (χ4n) is 3.58. The second kappa shape index (κ2) is 5.78. The monoisotopic (exact) mass is 280 g/mol. The van der Waals surface area contributed by atoms with Gasteiger partial charge in [0.25, 0.3) is 0 Å². The number of nitrogens with zero attached hydrogens (tertiary/aromatic N) is 1. The smallest absolute Gasteiger partial charge is 0.163 e. The minimum atomic E-state index is -0.730. The molecule has 0 amide bonds. The van der Waals surface area contributed by atoms with Gasteiger partial charge in [0.15, 0.2) is 11.6 Å². The van der Waals surface area contributed by atoms with E-state index in [4.69, 9.17) is 0 Å². The SMILES string of the molecule is CNCC1CCCN(C2CC2)C1c1cccc(F)c1F. The molecule has 4 heteroatoms. The molecule has 1 aliphatic carbocycles. The zero-order valence-electron chi connectivity index (χ0n) is 11.9. The topological polar surface area (TPSA) is 15.3 Å². The van der Waals surface area contributed by atoms with Gasteiger partial charge >= 0.3 is 0 Å². The lowest BCUT2D eigenvalue weighted by molar-refractivity contribution is 0.0814. The summed E-state index contributed by atoms with van der Waals surface area (Å²) in [6, 6.07) is 5.17. The van der Waals surface area contributed by atoms with Crippen molar-refractivity contribution in [3.63, 3.8) is 0 Å². The van der Waals surface area contributed by atoms with Crippen molar-refractivity contribution in [2.45, 2.75) is 37.8 Å². The van der Waals surface area contributed by atoms with E-state index < -0.39 is 11.6 Å². The number of likely N-dealkylation sites (tertiary alicyclic amines) is 1. The first-order valence-electron chi connectivity index (χ1n) is 7.56. The zero-order chi connectivity index (χ0) is 14.1. The summed E-state index contributed by atoms with van der Waals surface area (Å²) in [6.45, 7) is 1.86. The zero-order valence-corrected chi connectivity index (χ0v) is 11.9. The van der Waals surface area contributed by atoms with E-state index in [9.17, 15) is 8.78 Å². The molecule has 110 valence electrons. The van der Waals surface area contributed by atoms with Crippen LogP contribution in [0.1, 0.15) is 37.3 Å². The van der Waals surface area contributed by atoms with Crippen LogP contribution in [0.5, 0.6) is 0 Å². The first kappa shape index (κ1) is 14.0. The Kier molecular flexibility index (Phi) is 4.03. The van der Waals surface area contributed by atoms with Gasteiger partial charge in [-0.2, -0.15) is 0 Å². The predicted octanol–water partition coefficient (Wildman–Crippen LogP) is 3.10. The fourth-order valence-corrected chi connectivity index (χ4v) is 3.58. The average Bonchev–Trinajstić information content (AvgIpc) is 3.27. The summed E-state index contributed by atoms with van der Waals surface area (Å²) in [6.07, 6.45) is 4.61. The number of halogens is 2. The van der Waals surface area contributed by atoms with Crippen molar-refractivity contribution in [1.82, 2.24) is 10.2 Å². The molecule has 1 aromatic rings. The van der Waals surface area contributed by atoms with Crippen molar-refractivity contribution < 1.29 is 8.78 Å². The summed E-state index contributed by atoms with van der Waals surface area (Å²) >= 11 is 0. The molecule has 1 saturated carbocycles. The Morgan fingerprint density at radius 3 is 2.75 bits per heavy atom. The molecule has 1 aromatic carbocycles. The molecular weight excluding hydrogens is 258 g/mol. The maximum Gasteiger partial charge on any atom is 0.163 e. The van der Waals surface area contributed by atoms with Gasteiger partial charge in [-0.05, 0) is 57.8 Å². The molecule has 1 saturated heterocycles. The van der Waals surface area contributed by atoms with Gasteiger partial charge < -0.3 is 5.32 Å². The normalized spacial score (nSPS) is 27.8. The lowest BCUT2D eigenvalue weighted by Gasteiger charge is -2.42. The van der Waals surface area contributed by atoms with Crippen molar-refractivity contribution in [1.29, 1.82) is 0 Å². The van der Waals surface area contributed by atoms with E-state index in [0.29, 0.717) is 17.5 Å². The van der Waals surface area contributed by atoms with Crippen molar-refractivity contribution in [3.8, 4) is 0 Å². The van der Waals surface area contributed by atoms with Crippen LogP contribution in [-0.4, -0.2) is 31.1 Å². The molecule has 1 aliphatic heterocycles. The molecule has 2 atom stereocenters. The highest BCUT2D eigenvalue weighted by Crippen LogP contribution is 2.43. The number of piperidine rings is 1. The van der Waals surface area contributed by atoms with E-state index in [2.05, 4.69) is 10.2 Å². The number of hydrogen-bond acceptors (Lipinski definition) is 2. The van der Waals surface area contributed by atoms with Crippen LogP contribution in [0.3, 0.4) is 0 Å². The van der Waals surface area contributed by atoms with E-state index in [1.165, 1.54) is 18.9 Å². The summed E-state index contributed by atoms with van der Waals surface area (Å²) in [4.78, 5) is 2.41. The van der Waals surface area contributed by atoms with Crippen LogP contribution < -0.4 is 5.32 Å². The van der Waals surface area contributed by atoms with Crippen molar-refractivity contribution in [3.05, 3.63) is 35.4 Å². The third-order valence-electron chi connectivity index (χ3n) is 4.58. The standard InChI is InChI=1S/C16H22F2N2/c1-19-10-11-4-3-9-20(12-7-8-12)16(11)13-5-2-6-14(17)15(13)18/h2,5-6,11-12,16,19H,3-4,7-10H2,1H3. The Balaban J connectivity index is 1.96. The summed E-state index contributed by atoms with van der Waals surface area (Å²) < 4.78 is 27.8. The van der Waals surface area contributed by atoms with Gasteiger partial charge in [0.05, 0.1) is 0 Å². The Hall–Kier alpha value is -1.00. The van der Waals surface area contributed by atoms with Gasteiger partial charge in [0, 0.05) is 17.6 Å². The molecule has 0 bridgehead atoms. The molecule has 0 spiro atoms. The van der Waals surface area contributed by atoms with Crippen LogP contribution in [0.2, 0.25) is 0 Å². The maximum atomic E-state index is 14.2. The third-order valence-corrected chi connectivity index (χ3v) is 4.58.